The van der Waals surface area contributed by atoms with Crippen molar-refractivity contribution in [2.75, 3.05) is 19.6 Å². The van der Waals surface area contributed by atoms with Crippen LogP contribution in [0.3, 0.4) is 0 Å². The summed E-state index contributed by atoms with van der Waals surface area (Å²) < 4.78 is 1.35. The van der Waals surface area contributed by atoms with Crippen molar-refractivity contribution in [2.45, 2.75) is 26.8 Å². The van der Waals surface area contributed by atoms with E-state index in [1.165, 1.54) is 16.8 Å². The summed E-state index contributed by atoms with van der Waals surface area (Å²) in [7, 11) is 0. The van der Waals surface area contributed by atoms with Crippen LogP contribution in [0.2, 0.25) is 0 Å². The van der Waals surface area contributed by atoms with E-state index in [1.807, 2.05) is 13.8 Å². The van der Waals surface area contributed by atoms with Crippen molar-refractivity contribution in [3.05, 3.63) is 24.0 Å². The van der Waals surface area contributed by atoms with E-state index in [-0.39, 0.29) is 37.0 Å². The van der Waals surface area contributed by atoms with E-state index in [0.717, 1.165) is 0 Å². The second kappa shape index (κ2) is 8.08. The Morgan fingerprint density at radius 2 is 1.95 bits per heavy atom. The molecule has 0 fully saturated rings. The van der Waals surface area contributed by atoms with E-state index in [1.54, 1.807) is 11.0 Å². The van der Waals surface area contributed by atoms with Crippen LogP contribution in [0, 0.1) is 0 Å². The van der Waals surface area contributed by atoms with Gasteiger partial charge in [0.05, 0.1) is 0 Å². The van der Waals surface area contributed by atoms with Crippen LogP contribution in [0.5, 0.6) is 0 Å². The second-order valence-electron chi connectivity index (χ2n) is 4.49. The van der Waals surface area contributed by atoms with Gasteiger partial charge in [0.1, 0.15) is 12.2 Å². The lowest BCUT2D eigenvalue weighted by atomic mass is 10.3. The molecule has 0 saturated carbocycles. The van der Waals surface area contributed by atoms with Gasteiger partial charge in [0.2, 0.25) is 11.8 Å². The van der Waals surface area contributed by atoms with Crippen molar-refractivity contribution >= 4 is 17.8 Å². The Morgan fingerprint density at radius 1 is 1.29 bits per heavy atom. The molecule has 0 aliphatic rings. The highest BCUT2D eigenvalue weighted by atomic mass is 16.4. The first-order valence-corrected chi connectivity index (χ1v) is 6.92. The fourth-order valence-electron chi connectivity index (χ4n) is 2.00. The minimum absolute atomic E-state index is 0.00695. The first kappa shape index (κ1) is 16.7. The summed E-state index contributed by atoms with van der Waals surface area (Å²) >= 11 is 0. The Kier molecular flexibility index (Phi) is 6.45. The lowest BCUT2D eigenvalue weighted by Gasteiger charge is -2.18. The number of nitrogens with zero attached hydrogens (tertiary/aromatic N) is 2. The third-order valence-electron chi connectivity index (χ3n) is 3.14. The Morgan fingerprint density at radius 3 is 2.52 bits per heavy atom. The number of hydrogen-bond donors (Lipinski definition) is 2. The molecule has 0 spiro atoms. The molecule has 116 valence electrons. The molecule has 2 N–H and O–H groups in total. The van der Waals surface area contributed by atoms with Gasteiger partial charge in [-0.1, -0.05) is 0 Å². The van der Waals surface area contributed by atoms with E-state index < -0.39 is 5.97 Å². The number of carbonyl (C=O) groups is 3. The van der Waals surface area contributed by atoms with Crippen molar-refractivity contribution in [2.24, 2.45) is 0 Å². The molecule has 0 atom stereocenters. The van der Waals surface area contributed by atoms with Crippen LogP contribution in [0.25, 0.3) is 0 Å². The monoisotopic (exact) mass is 295 g/mol. The van der Waals surface area contributed by atoms with Crippen LogP contribution in [0.4, 0.5) is 0 Å². The number of amides is 2. The van der Waals surface area contributed by atoms with Crippen LogP contribution in [-0.4, -0.2) is 52.0 Å². The average Bonchev–Trinajstić information content (AvgIpc) is 2.88. The maximum Gasteiger partial charge on any atom is 0.352 e. The molecule has 2 amide bonds. The van der Waals surface area contributed by atoms with Gasteiger partial charge in [-0.2, -0.15) is 0 Å². The quantitative estimate of drug-likeness (QED) is 0.733. The summed E-state index contributed by atoms with van der Waals surface area (Å²) in [6.07, 6.45) is 1.77. The van der Waals surface area contributed by atoms with Gasteiger partial charge >= 0.3 is 5.97 Å². The van der Waals surface area contributed by atoms with E-state index in [2.05, 4.69) is 5.32 Å². The zero-order chi connectivity index (χ0) is 15.8. The molecule has 1 rings (SSSR count). The summed E-state index contributed by atoms with van der Waals surface area (Å²) in [6, 6.07) is 3.00. The minimum Gasteiger partial charge on any atom is -0.477 e. The van der Waals surface area contributed by atoms with Gasteiger partial charge in [0.15, 0.2) is 0 Å². The van der Waals surface area contributed by atoms with Crippen LogP contribution < -0.4 is 5.32 Å². The zero-order valence-electron chi connectivity index (χ0n) is 12.3. The first-order valence-electron chi connectivity index (χ1n) is 6.92. The molecule has 1 aromatic rings. The fourth-order valence-corrected chi connectivity index (χ4v) is 2.00. The molecule has 0 bridgehead atoms. The third-order valence-corrected chi connectivity index (χ3v) is 3.14. The number of nitrogens with one attached hydrogen (secondary N) is 1. The van der Waals surface area contributed by atoms with Gasteiger partial charge in [-0.3, -0.25) is 9.59 Å². The number of carbonyl (C=O) groups excluding carboxylic acids is 2. The van der Waals surface area contributed by atoms with Crippen molar-refractivity contribution in [1.29, 1.82) is 0 Å². The molecule has 7 heteroatoms. The molecule has 21 heavy (non-hydrogen) atoms. The predicted molar refractivity (Wildman–Crippen MR) is 76.9 cm³/mol. The maximum atomic E-state index is 11.7. The van der Waals surface area contributed by atoms with Crippen molar-refractivity contribution in [3.8, 4) is 0 Å². The standard InChI is InChI=1S/C14H21N3O4/c1-3-16(4-2)13(19)7-8-15-12(18)10-17-9-5-6-11(17)14(20)21/h5-6,9H,3-4,7-8,10H2,1-2H3,(H,15,18)(H,20,21). The molecule has 1 heterocycles. The molecular weight excluding hydrogens is 274 g/mol. The molecule has 1 aromatic heterocycles. The molecule has 0 aliphatic heterocycles. The molecular formula is C14H21N3O4. The average molecular weight is 295 g/mol. The van der Waals surface area contributed by atoms with Crippen LogP contribution in [0.1, 0.15) is 30.8 Å². The summed E-state index contributed by atoms with van der Waals surface area (Å²) in [5.41, 5.74) is 0.0596. The number of aromatic nitrogens is 1. The summed E-state index contributed by atoms with van der Waals surface area (Å²) in [6.45, 7) is 5.27. The number of carboxylic acids is 1. The van der Waals surface area contributed by atoms with Crippen LogP contribution in [-0.2, 0) is 16.1 Å². The summed E-state index contributed by atoms with van der Waals surface area (Å²) in [4.78, 5) is 36.1. The van der Waals surface area contributed by atoms with E-state index in [9.17, 15) is 14.4 Å². The largest absolute Gasteiger partial charge is 0.477 e. The maximum absolute atomic E-state index is 11.7. The smallest absolute Gasteiger partial charge is 0.352 e. The van der Waals surface area contributed by atoms with E-state index in [0.29, 0.717) is 13.1 Å². The topological polar surface area (TPSA) is 91.6 Å². The fraction of sp³-hybridized carbons (Fsp3) is 0.500. The van der Waals surface area contributed by atoms with Crippen molar-refractivity contribution in [3.63, 3.8) is 0 Å². The summed E-state index contributed by atoms with van der Waals surface area (Å²) in [5, 5.41) is 11.5. The first-order chi connectivity index (χ1) is 9.99. The molecule has 0 aliphatic carbocycles. The molecule has 0 radical (unpaired) electrons. The Balaban J connectivity index is 2.39. The highest BCUT2D eigenvalue weighted by Gasteiger charge is 2.13. The number of aromatic carboxylic acids is 1. The van der Waals surface area contributed by atoms with Gasteiger partial charge in [0.25, 0.3) is 0 Å². The Labute approximate surface area is 123 Å². The van der Waals surface area contributed by atoms with Crippen LogP contribution in [0.15, 0.2) is 18.3 Å². The highest BCUT2D eigenvalue weighted by Crippen LogP contribution is 2.02. The van der Waals surface area contributed by atoms with Gasteiger partial charge in [-0.15, -0.1) is 0 Å². The lowest BCUT2D eigenvalue weighted by Crippen LogP contribution is -2.35. The van der Waals surface area contributed by atoms with Crippen LogP contribution >= 0.6 is 0 Å². The summed E-state index contributed by atoms with van der Waals surface area (Å²) in [5.74, 6) is -1.40. The lowest BCUT2D eigenvalue weighted by molar-refractivity contribution is -0.130. The van der Waals surface area contributed by atoms with Gasteiger partial charge in [-0.25, -0.2) is 4.79 Å². The van der Waals surface area contributed by atoms with Gasteiger partial charge < -0.3 is 19.9 Å². The molecule has 7 nitrogen and oxygen atoms in total. The normalized spacial score (nSPS) is 10.2. The van der Waals surface area contributed by atoms with Crippen molar-refractivity contribution in [1.82, 2.24) is 14.8 Å². The van der Waals surface area contributed by atoms with E-state index >= 15 is 0 Å². The SMILES string of the molecule is CCN(CC)C(=O)CCNC(=O)Cn1cccc1C(=O)O. The van der Waals surface area contributed by atoms with Gasteiger partial charge in [0, 0.05) is 32.3 Å². The third kappa shape index (κ3) is 4.94. The molecule has 0 unspecified atom stereocenters. The molecule has 0 saturated heterocycles. The minimum atomic E-state index is -1.08. The number of carboxylic acid groups (broad SMARTS) is 1. The van der Waals surface area contributed by atoms with E-state index in [4.69, 9.17) is 5.11 Å². The Bertz CT molecular complexity index is 506. The second-order valence-corrected chi connectivity index (χ2v) is 4.49. The number of hydrogen-bond acceptors (Lipinski definition) is 3. The Hall–Kier alpha value is -2.31. The van der Waals surface area contributed by atoms with Crippen molar-refractivity contribution < 1.29 is 19.5 Å². The number of rotatable bonds is 8. The highest BCUT2D eigenvalue weighted by molar-refractivity contribution is 5.87. The zero-order valence-corrected chi connectivity index (χ0v) is 12.3. The predicted octanol–water partition coefficient (Wildman–Crippen LogP) is 0.561. The van der Waals surface area contributed by atoms with Gasteiger partial charge in [-0.05, 0) is 26.0 Å². The molecule has 0 aromatic carbocycles.